The molecule has 0 spiro atoms. The quantitative estimate of drug-likeness (QED) is 0.935. The number of aromatic nitrogens is 2. The lowest BCUT2D eigenvalue weighted by Crippen LogP contribution is -2.41. The fraction of sp³-hybridized carbons (Fsp3) is 0.556. The first kappa shape index (κ1) is 16.1. The Morgan fingerprint density at radius 2 is 1.96 bits per heavy atom. The first-order valence-electron chi connectivity index (χ1n) is 8.41. The van der Waals surface area contributed by atoms with E-state index in [1.165, 1.54) is 12.8 Å². The minimum Gasteiger partial charge on any atom is -0.390 e. The highest BCUT2D eigenvalue weighted by molar-refractivity contribution is 5.77. The highest BCUT2D eigenvalue weighted by atomic mass is 16.3. The maximum atomic E-state index is 12.6. The smallest absolute Gasteiger partial charge is 0.261 e. The minimum atomic E-state index is -0.553. The van der Waals surface area contributed by atoms with E-state index < -0.39 is 6.10 Å². The van der Waals surface area contributed by atoms with Crippen LogP contribution in [0.4, 0.5) is 0 Å². The third-order valence-corrected chi connectivity index (χ3v) is 4.79. The molecule has 1 atom stereocenters. The summed E-state index contributed by atoms with van der Waals surface area (Å²) in [6.45, 7) is 7.07. The van der Waals surface area contributed by atoms with Crippen LogP contribution in [0.1, 0.15) is 25.6 Å². The fourth-order valence-corrected chi connectivity index (χ4v) is 3.31. The first-order chi connectivity index (χ1) is 11.0. The topological polar surface area (TPSA) is 58.4 Å². The molecular formula is C18H25N3O2. The van der Waals surface area contributed by atoms with E-state index >= 15 is 0 Å². The number of hydrogen-bond donors (Lipinski definition) is 1. The maximum absolute atomic E-state index is 12.6. The van der Waals surface area contributed by atoms with Crippen LogP contribution >= 0.6 is 0 Å². The van der Waals surface area contributed by atoms with E-state index in [0.717, 1.165) is 19.0 Å². The molecule has 3 rings (SSSR count). The van der Waals surface area contributed by atoms with Gasteiger partial charge in [0.1, 0.15) is 5.82 Å². The van der Waals surface area contributed by atoms with E-state index in [-0.39, 0.29) is 5.56 Å². The average molecular weight is 315 g/mol. The third kappa shape index (κ3) is 3.62. The lowest BCUT2D eigenvalue weighted by atomic mass is 9.99. The Morgan fingerprint density at radius 3 is 2.70 bits per heavy atom. The molecule has 1 saturated heterocycles. The number of aliphatic hydroxyl groups is 1. The van der Waals surface area contributed by atoms with Gasteiger partial charge in [-0.2, -0.15) is 0 Å². The molecule has 1 aliphatic heterocycles. The van der Waals surface area contributed by atoms with Gasteiger partial charge in [-0.1, -0.05) is 19.1 Å². The number of benzene rings is 1. The normalized spacial score (nSPS) is 18.4. The molecule has 0 unspecified atom stereocenters. The van der Waals surface area contributed by atoms with Gasteiger partial charge < -0.3 is 10.0 Å². The van der Waals surface area contributed by atoms with Gasteiger partial charge in [0.25, 0.3) is 5.56 Å². The molecular weight excluding hydrogens is 290 g/mol. The number of para-hydroxylation sites is 1. The van der Waals surface area contributed by atoms with Crippen molar-refractivity contribution in [2.75, 3.05) is 19.6 Å². The Balaban J connectivity index is 1.74. The van der Waals surface area contributed by atoms with Crippen molar-refractivity contribution in [2.45, 2.75) is 39.3 Å². The predicted octanol–water partition coefficient (Wildman–Crippen LogP) is 1.80. The summed E-state index contributed by atoms with van der Waals surface area (Å²) in [4.78, 5) is 19.4. The molecule has 1 N–H and O–H groups in total. The summed E-state index contributed by atoms with van der Waals surface area (Å²) in [5.41, 5.74) is 0.644. The minimum absolute atomic E-state index is 0.0700. The van der Waals surface area contributed by atoms with E-state index in [9.17, 15) is 9.90 Å². The zero-order valence-corrected chi connectivity index (χ0v) is 13.9. The Kier molecular flexibility index (Phi) is 4.78. The molecule has 0 bridgehead atoms. The van der Waals surface area contributed by atoms with Crippen LogP contribution in [0.3, 0.4) is 0 Å². The summed E-state index contributed by atoms with van der Waals surface area (Å²) in [6, 6.07) is 7.36. The number of β-amino-alcohol motifs (C(OH)–C–C–N with tert-alkyl or cyclic N) is 1. The Hall–Kier alpha value is -1.72. The molecule has 0 saturated carbocycles. The zero-order chi connectivity index (χ0) is 16.4. The molecule has 23 heavy (non-hydrogen) atoms. The average Bonchev–Trinajstić information content (AvgIpc) is 2.54. The lowest BCUT2D eigenvalue weighted by Gasteiger charge is -2.31. The van der Waals surface area contributed by atoms with Gasteiger partial charge in [0.2, 0.25) is 0 Å². The second-order valence-electron chi connectivity index (χ2n) is 6.73. The number of hydrogen-bond acceptors (Lipinski definition) is 4. The van der Waals surface area contributed by atoms with E-state index in [1.54, 1.807) is 10.6 Å². The number of fused-ring (bicyclic) bond motifs is 1. The van der Waals surface area contributed by atoms with Crippen molar-refractivity contribution in [1.82, 2.24) is 14.5 Å². The predicted molar refractivity (Wildman–Crippen MR) is 91.6 cm³/mol. The SMILES string of the molecule is Cc1nc2ccccc2c(=O)n1C[C@H](O)CN1CCC(C)CC1. The highest BCUT2D eigenvalue weighted by Gasteiger charge is 2.19. The number of aryl methyl sites for hydroxylation is 1. The van der Waals surface area contributed by atoms with Gasteiger partial charge in [-0.3, -0.25) is 9.36 Å². The van der Waals surface area contributed by atoms with Crippen LogP contribution in [0.2, 0.25) is 0 Å². The van der Waals surface area contributed by atoms with Crippen LogP contribution in [0.15, 0.2) is 29.1 Å². The highest BCUT2D eigenvalue weighted by Crippen LogP contribution is 2.16. The number of aliphatic hydroxyl groups excluding tert-OH is 1. The van der Waals surface area contributed by atoms with Gasteiger partial charge in [0.15, 0.2) is 0 Å². The van der Waals surface area contributed by atoms with Crippen LogP contribution in [-0.4, -0.2) is 45.3 Å². The molecule has 1 aromatic heterocycles. The molecule has 5 heteroatoms. The zero-order valence-electron chi connectivity index (χ0n) is 13.9. The second-order valence-corrected chi connectivity index (χ2v) is 6.73. The van der Waals surface area contributed by atoms with Crippen molar-refractivity contribution in [1.29, 1.82) is 0 Å². The Morgan fingerprint density at radius 1 is 1.26 bits per heavy atom. The molecule has 5 nitrogen and oxygen atoms in total. The molecule has 1 fully saturated rings. The summed E-state index contributed by atoms with van der Waals surface area (Å²) in [6.07, 6.45) is 1.81. The molecule has 0 radical (unpaired) electrons. The molecule has 2 aromatic rings. The van der Waals surface area contributed by atoms with Gasteiger partial charge in [-0.15, -0.1) is 0 Å². The molecule has 1 aliphatic rings. The van der Waals surface area contributed by atoms with Crippen molar-refractivity contribution in [3.05, 3.63) is 40.4 Å². The number of rotatable bonds is 4. The third-order valence-electron chi connectivity index (χ3n) is 4.79. The van der Waals surface area contributed by atoms with E-state index in [2.05, 4.69) is 16.8 Å². The molecule has 2 heterocycles. The lowest BCUT2D eigenvalue weighted by molar-refractivity contribution is 0.0789. The molecule has 1 aromatic carbocycles. The van der Waals surface area contributed by atoms with Gasteiger partial charge in [-0.25, -0.2) is 4.98 Å². The van der Waals surface area contributed by atoms with Crippen LogP contribution in [-0.2, 0) is 6.54 Å². The Bertz CT molecular complexity index is 733. The van der Waals surface area contributed by atoms with Crippen molar-refractivity contribution in [3.63, 3.8) is 0 Å². The van der Waals surface area contributed by atoms with Crippen LogP contribution < -0.4 is 5.56 Å². The van der Waals surface area contributed by atoms with Crippen LogP contribution in [0.25, 0.3) is 10.9 Å². The standard InChI is InChI=1S/C18H25N3O2/c1-13-7-9-20(10-8-13)11-15(22)12-21-14(2)19-17-6-4-3-5-16(17)18(21)23/h3-6,13,15,22H,7-12H2,1-2H3/t15-/m1/s1. The van der Waals surface area contributed by atoms with Gasteiger partial charge >= 0.3 is 0 Å². The summed E-state index contributed by atoms with van der Waals surface area (Å²) < 4.78 is 1.60. The van der Waals surface area contributed by atoms with E-state index in [0.29, 0.717) is 29.8 Å². The van der Waals surface area contributed by atoms with Crippen LogP contribution in [0, 0.1) is 12.8 Å². The van der Waals surface area contributed by atoms with Gasteiger partial charge in [0.05, 0.1) is 23.6 Å². The van der Waals surface area contributed by atoms with Crippen LogP contribution in [0.5, 0.6) is 0 Å². The molecule has 0 amide bonds. The van der Waals surface area contributed by atoms with Gasteiger partial charge in [0, 0.05) is 6.54 Å². The number of nitrogens with zero attached hydrogens (tertiary/aromatic N) is 3. The van der Waals surface area contributed by atoms with E-state index in [1.807, 2.05) is 25.1 Å². The maximum Gasteiger partial charge on any atom is 0.261 e. The number of piperidine rings is 1. The van der Waals surface area contributed by atoms with Crippen molar-refractivity contribution >= 4 is 10.9 Å². The summed E-state index contributed by atoms with van der Waals surface area (Å²) in [7, 11) is 0. The monoisotopic (exact) mass is 315 g/mol. The largest absolute Gasteiger partial charge is 0.390 e. The van der Waals surface area contributed by atoms with Crippen molar-refractivity contribution in [2.24, 2.45) is 5.92 Å². The Labute approximate surface area is 136 Å². The molecule has 0 aliphatic carbocycles. The van der Waals surface area contributed by atoms with E-state index in [4.69, 9.17) is 0 Å². The second kappa shape index (κ2) is 6.81. The van der Waals surface area contributed by atoms with Gasteiger partial charge in [-0.05, 0) is 50.9 Å². The first-order valence-corrected chi connectivity index (χ1v) is 8.41. The summed E-state index contributed by atoms with van der Waals surface area (Å²) in [5.74, 6) is 1.43. The summed E-state index contributed by atoms with van der Waals surface area (Å²) in [5, 5.41) is 11.0. The number of likely N-dealkylation sites (tertiary alicyclic amines) is 1. The fourth-order valence-electron chi connectivity index (χ4n) is 3.31. The molecule has 124 valence electrons. The van der Waals surface area contributed by atoms with Crippen molar-refractivity contribution < 1.29 is 5.11 Å². The van der Waals surface area contributed by atoms with Crippen molar-refractivity contribution in [3.8, 4) is 0 Å². The summed E-state index contributed by atoms with van der Waals surface area (Å²) >= 11 is 0.